The van der Waals surface area contributed by atoms with Crippen molar-refractivity contribution in [2.45, 2.75) is 26.3 Å². The third kappa shape index (κ3) is 6.72. The highest BCUT2D eigenvalue weighted by atomic mass is 35.5. The summed E-state index contributed by atoms with van der Waals surface area (Å²) in [6, 6.07) is 5.43. The van der Waals surface area contributed by atoms with Crippen molar-refractivity contribution in [1.82, 2.24) is 16.0 Å². The number of benzene rings is 1. The lowest BCUT2D eigenvalue weighted by atomic mass is 9.97. The summed E-state index contributed by atoms with van der Waals surface area (Å²) in [6.07, 6.45) is 1.75. The van der Waals surface area contributed by atoms with Crippen LogP contribution in [-0.2, 0) is 16.1 Å². The van der Waals surface area contributed by atoms with Crippen LogP contribution in [0.3, 0.4) is 0 Å². The van der Waals surface area contributed by atoms with Crippen molar-refractivity contribution in [2.24, 2.45) is 5.92 Å². The van der Waals surface area contributed by atoms with Gasteiger partial charge in [0.1, 0.15) is 0 Å². The second kappa shape index (κ2) is 11.6. The van der Waals surface area contributed by atoms with Gasteiger partial charge in [0.2, 0.25) is 5.91 Å². The highest BCUT2D eigenvalue weighted by Crippen LogP contribution is 2.28. The van der Waals surface area contributed by atoms with Crippen LogP contribution in [0.15, 0.2) is 18.2 Å². The number of ether oxygens (including phenoxy) is 2. The van der Waals surface area contributed by atoms with Crippen molar-refractivity contribution in [2.75, 3.05) is 33.4 Å². The Kier molecular flexibility index (Phi) is 9.83. The number of carbonyl (C=O) groups is 2. The third-order valence-corrected chi connectivity index (χ3v) is 4.14. The number of methoxy groups -OCH3 is 1. The van der Waals surface area contributed by atoms with E-state index in [-0.39, 0.29) is 36.7 Å². The normalized spacial score (nSPS) is 14.1. The predicted molar refractivity (Wildman–Crippen MR) is 102 cm³/mol. The van der Waals surface area contributed by atoms with Gasteiger partial charge in [0.25, 0.3) is 5.91 Å². The molecule has 1 aliphatic rings. The maximum atomic E-state index is 12.2. The van der Waals surface area contributed by atoms with E-state index in [4.69, 9.17) is 9.47 Å². The summed E-state index contributed by atoms with van der Waals surface area (Å²) in [5.41, 5.74) is 0.921. The first-order valence-electron chi connectivity index (χ1n) is 8.69. The Morgan fingerprint density at radius 1 is 1.19 bits per heavy atom. The van der Waals surface area contributed by atoms with Gasteiger partial charge in [-0.1, -0.05) is 6.07 Å². The fourth-order valence-electron chi connectivity index (χ4n) is 2.75. The molecule has 2 rings (SSSR count). The molecule has 0 spiro atoms. The number of likely N-dealkylation sites (N-methyl/N-ethyl adjacent to an activating group) is 1. The SMILES string of the molecule is CCNC(=O)COc1ccc(CNC(=O)C2CCNCC2)cc1OC.Cl. The highest BCUT2D eigenvalue weighted by Gasteiger charge is 2.20. The third-order valence-electron chi connectivity index (χ3n) is 4.14. The molecular formula is C18H28ClN3O4. The zero-order chi connectivity index (χ0) is 18.1. The number of hydrogen-bond acceptors (Lipinski definition) is 5. The van der Waals surface area contributed by atoms with E-state index in [0.717, 1.165) is 31.5 Å². The Morgan fingerprint density at radius 3 is 2.58 bits per heavy atom. The van der Waals surface area contributed by atoms with Crippen LogP contribution in [0.1, 0.15) is 25.3 Å². The molecule has 1 fully saturated rings. The molecule has 3 N–H and O–H groups in total. The van der Waals surface area contributed by atoms with E-state index < -0.39 is 0 Å². The minimum atomic E-state index is -0.178. The molecule has 1 aliphatic heterocycles. The molecule has 1 aromatic rings. The van der Waals surface area contributed by atoms with Gasteiger partial charge >= 0.3 is 0 Å². The molecule has 146 valence electrons. The van der Waals surface area contributed by atoms with Crippen LogP contribution < -0.4 is 25.4 Å². The molecule has 1 saturated heterocycles. The standard InChI is InChI=1S/C18H27N3O4.ClH/c1-3-20-17(22)12-25-15-5-4-13(10-16(15)24-2)11-21-18(23)14-6-8-19-9-7-14;/h4-5,10,14,19H,3,6-9,11-12H2,1-2H3,(H,20,22)(H,21,23);1H. The van der Waals surface area contributed by atoms with E-state index in [1.54, 1.807) is 13.2 Å². The van der Waals surface area contributed by atoms with E-state index in [2.05, 4.69) is 16.0 Å². The van der Waals surface area contributed by atoms with Gasteiger partial charge in [0.05, 0.1) is 7.11 Å². The van der Waals surface area contributed by atoms with Gasteiger partial charge in [-0.25, -0.2) is 0 Å². The Labute approximate surface area is 160 Å². The first-order chi connectivity index (χ1) is 12.1. The van der Waals surface area contributed by atoms with E-state index in [1.165, 1.54) is 0 Å². The number of hydrogen-bond donors (Lipinski definition) is 3. The average Bonchev–Trinajstić information content (AvgIpc) is 2.65. The van der Waals surface area contributed by atoms with Gasteiger partial charge in [-0.3, -0.25) is 9.59 Å². The number of halogens is 1. The van der Waals surface area contributed by atoms with Crippen molar-refractivity contribution >= 4 is 24.2 Å². The molecule has 0 radical (unpaired) electrons. The molecule has 1 heterocycles. The van der Waals surface area contributed by atoms with Crippen LogP contribution in [0.2, 0.25) is 0 Å². The Morgan fingerprint density at radius 2 is 1.92 bits per heavy atom. The molecule has 0 aromatic heterocycles. The van der Waals surface area contributed by atoms with Crippen LogP contribution in [0.25, 0.3) is 0 Å². The summed E-state index contributed by atoms with van der Waals surface area (Å²) in [4.78, 5) is 23.7. The molecule has 0 unspecified atom stereocenters. The van der Waals surface area contributed by atoms with Crippen LogP contribution >= 0.6 is 12.4 Å². The van der Waals surface area contributed by atoms with Crippen molar-refractivity contribution in [3.8, 4) is 11.5 Å². The molecule has 1 aromatic carbocycles. The van der Waals surface area contributed by atoms with Crippen LogP contribution in [0.4, 0.5) is 0 Å². The quantitative estimate of drug-likeness (QED) is 0.626. The second-order valence-electron chi connectivity index (χ2n) is 5.97. The molecule has 26 heavy (non-hydrogen) atoms. The van der Waals surface area contributed by atoms with Crippen molar-refractivity contribution < 1.29 is 19.1 Å². The summed E-state index contributed by atoms with van der Waals surface area (Å²) in [5.74, 6) is 1.04. The van der Waals surface area contributed by atoms with E-state index in [1.807, 2.05) is 19.1 Å². The van der Waals surface area contributed by atoms with Crippen LogP contribution in [-0.4, -0.2) is 45.2 Å². The number of nitrogens with one attached hydrogen (secondary N) is 3. The lowest BCUT2D eigenvalue weighted by Gasteiger charge is -2.21. The van der Waals surface area contributed by atoms with Crippen LogP contribution in [0.5, 0.6) is 11.5 Å². The Balaban J connectivity index is 0.00000338. The fourth-order valence-corrected chi connectivity index (χ4v) is 2.75. The monoisotopic (exact) mass is 385 g/mol. The van der Waals surface area contributed by atoms with Gasteiger partial charge < -0.3 is 25.4 Å². The Bertz CT molecular complexity index is 592. The summed E-state index contributed by atoms with van der Waals surface area (Å²) < 4.78 is 10.8. The van der Waals surface area contributed by atoms with Gasteiger partial charge in [-0.05, 0) is 50.6 Å². The predicted octanol–water partition coefficient (Wildman–Crippen LogP) is 1.25. The molecule has 8 heteroatoms. The van der Waals surface area contributed by atoms with Crippen molar-refractivity contribution in [3.63, 3.8) is 0 Å². The van der Waals surface area contributed by atoms with Gasteiger partial charge in [-0.2, -0.15) is 0 Å². The van der Waals surface area contributed by atoms with Crippen molar-refractivity contribution in [1.29, 1.82) is 0 Å². The van der Waals surface area contributed by atoms with E-state index in [9.17, 15) is 9.59 Å². The second-order valence-corrected chi connectivity index (χ2v) is 5.97. The molecule has 2 amide bonds. The molecule has 0 saturated carbocycles. The lowest BCUT2D eigenvalue weighted by Crippen LogP contribution is -2.37. The van der Waals surface area contributed by atoms with E-state index >= 15 is 0 Å². The lowest BCUT2D eigenvalue weighted by molar-refractivity contribution is -0.126. The zero-order valence-electron chi connectivity index (χ0n) is 15.3. The number of carbonyl (C=O) groups excluding carboxylic acids is 2. The minimum Gasteiger partial charge on any atom is -0.493 e. The molecule has 0 atom stereocenters. The maximum absolute atomic E-state index is 12.2. The Hall–Kier alpha value is -1.99. The number of rotatable bonds is 8. The summed E-state index contributed by atoms with van der Waals surface area (Å²) >= 11 is 0. The van der Waals surface area contributed by atoms with E-state index in [0.29, 0.717) is 24.6 Å². The van der Waals surface area contributed by atoms with Crippen LogP contribution in [0, 0.1) is 5.92 Å². The molecule has 0 aliphatic carbocycles. The molecule has 0 bridgehead atoms. The average molecular weight is 386 g/mol. The zero-order valence-corrected chi connectivity index (χ0v) is 16.1. The first kappa shape index (κ1) is 22.1. The minimum absolute atomic E-state index is 0. The highest BCUT2D eigenvalue weighted by molar-refractivity contribution is 5.85. The van der Waals surface area contributed by atoms with Crippen molar-refractivity contribution in [3.05, 3.63) is 23.8 Å². The first-order valence-corrected chi connectivity index (χ1v) is 8.69. The topological polar surface area (TPSA) is 88.7 Å². The summed E-state index contributed by atoms with van der Waals surface area (Å²) in [6.45, 7) is 4.58. The van der Waals surface area contributed by atoms with Gasteiger partial charge in [0.15, 0.2) is 18.1 Å². The van der Waals surface area contributed by atoms with Gasteiger partial charge in [-0.15, -0.1) is 12.4 Å². The van der Waals surface area contributed by atoms with Gasteiger partial charge in [0, 0.05) is 19.0 Å². The summed E-state index contributed by atoms with van der Waals surface area (Å²) in [5, 5.41) is 8.90. The number of piperidine rings is 1. The molecular weight excluding hydrogens is 358 g/mol. The smallest absolute Gasteiger partial charge is 0.257 e. The largest absolute Gasteiger partial charge is 0.493 e. The maximum Gasteiger partial charge on any atom is 0.257 e. The number of amides is 2. The fraction of sp³-hybridized carbons (Fsp3) is 0.556. The summed E-state index contributed by atoms with van der Waals surface area (Å²) in [7, 11) is 1.55. The molecule has 7 nitrogen and oxygen atoms in total.